The predicted octanol–water partition coefficient (Wildman–Crippen LogP) is 2.71. The number of allylic oxidation sites excluding steroid dienone is 2. The van der Waals surface area contributed by atoms with Gasteiger partial charge in [0.1, 0.15) is 5.92 Å². The van der Waals surface area contributed by atoms with Crippen LogP contribution in [0.3, 0.4) is 0 Å². The first-order valence-corrected chi connectivity index (χ1v) is 6.79. The molecule has 0 aromatic carbocycles. The van der Waals surface area contributed by atoms with E-state index in [9.17, 15) is 14.4 Å². The number of ketones is 2. The van der Waals surface area contributed by atoms with Gasteiger partial charge in [0.25, 0.3) is 0 Å². The normalized spacial score (nSPS) is 28.6. The second-order valence-corrected chi connectivity index (χ2v) is 6.09. The third-order valence-corrected chi connectivity index (χ3v) is 4.12. The minimum absolute atomic E-state index is 0.256. The smallest absolute Gasteiger partial charge is 0.208 e. The van der Waals surface area contributed by atoms with Gasteiger partial charge in [0.15, 0.2) is 11.6 Å². The van der Waals surface area contributed by atoms with Crippen LogP contribution in [0.1, 0.15) is 33.6 Å². The molecule has 4 heteroatoms. The fraction of sp³-hybridized carbons (Fsp3) is 0.500. The Morgan fingerprint density at radius 3 is 2.61 bits per heavy atom. The Hall–Kier alpha value is -1.16. The molecule has 0 aromatic rings. The zero-order valence-electron chi connectivity index (χ0n) is 11.0. The topological polar surface area (TPSA) is 51.2 Å². The van der Waals surface area contributed by atoms with Crippen LogP contribution in [-0.4, -0.2) is 21.4 Å². The summed E-state index contributed by atoms with van der Waals surface area (Å²) in [4.78, 5) is 35.9. The highest BCUT2D eigenvalue weighted by atomic mass is 32.2. The predicted molar refractivity (Wildman–Crippen MR) is 73.4 cm³/mol. The zero-order chi connectivity index (χ0) is 13.9. The summed E-state index contributed by atoms with van der Waals surface area (Å²) in [6, 6.07) is 0. The monoisotopic (exact) mass is 266 g/mol. The quantitative estimate of drug-likeness (QED) is 0.567. The molecule has 98 valence electrons. The van der Waals surface area contributed by atoms with Crippen molar-refractivity contribution in [1.82, 2.24) is 0 Å². The lowest BCUT2D eigenvalue weighted by atomic mass is 9.89. The molecule has 3 nitrogen and oxygen atoms in total. The van der Waals surface area contributed by atoms with Gasteiger partial charge in [-0.15, -0.1) is 0 Å². The van der Waals surface area contributed by atoms with Crippen molar-refractivity contribution >= 4 is 28.4 Å². The van der Waals surface area contributed by atoms with Crippen molar-refractivity contribution in [3.05, 3.63) is 24.3 Å². The number of hydrogen-bond acceptors (Lipinski definition) is 4. The maximum absolute atomic E-state index is 12.3. The summed E-state index contributed by atoms with van der Waals surface area (Å²) in [6.07, 6.45) is 4.27. The van der Waals surface area contributed by atoms with Gasteiger partial charge in [0.2, 0.25) is 5.12 Å². The van der Waals surface area contributed by atoms with Crippen LogP contribution in [-0.2, 0) is 14.4 Å². The van der Waals surface area contributed by atoms with Crippen molar-refractivity contribution < 1.29 is 14.4 Å². The summed E-state index contributed by atoms with van der Waals surface area (Å²) in [5.74, 6) is -1.63. The summed E-state index contributed by atoms with van der Waals surface area (Å²) in [5, 5.41) is -0.325. The van der Waals surface area contributed by atoms with Gasteiger partial charge >= 0.3 is 0 Å². The van der Waals surface area contributed by atoms with Crippen molar-refractivity contribution in [2.24, 2.45) is 5.92 Å². The average Bonchev–Trinajstić information content (AvgIpc) is 2.49. The third-order valence-electron chi connectivity index (χ3n) is 2.94. The van der Waals surface area contributed by atoms with Crippen molar-refractivity contribution in [2.45, 2.75) is 38.4 Å². The van der Waals surface area contributed by atoms with Crippen LogP contribution in [0.15, 0.2) is 24.3 Å². The van der Waals surface area contributed by atoms with E-state index in [0.29, 0.717) is 6.42 Å². The van der Waals surface area contributed by atoms with Crippen molar-refractivity contribution in [1.29, 1.82) is 0 Å². The summed E-state index contributed by atoms with van der Waals surface area (Å²) >= 11 is 0.948. The number of hydrogen-bond donors (Lipinski definition) is 0. The molecule has 0 aliphatic carbocycles. The van der Waals surface area contributed by atoms with Crippen LogP contribution in [0.25, 0.3) is 0 Å². The molecule has 0 radical (unpaired) electrons. The Morgan fingerprint density at radius 2 is 2.11 bits per heavy atom. The minimum Gasteiger partial charge on any atom is -0.298 e. The number of Topliss-reactive ketones (excluding diaryl/α,β-unsaturated/α-hetero) is 2. The Bertz CT molecular complexity index is 436. The number of carbonyl (C=O) groups excluding carboxylic acids is 3. The highest BCUT2D eigenvalue weighted by Crippen LogP contribution is 2.42. The summed E-state index contributed by atoms with van der Waals surface area (Å²) < 4.78 is -0.927. The van der Waals surface area contributed by atoms with E-state index in [4.69, 9.17) is 0 Å². The van der Waals surface area contributed by atoms with E-state index in [1.54, 1.807) is 19.1 Å². The molecule has 0 aromatic heterocycles. The molecule has 1 heterocycles. The molecule has 0 N–H and O–H groups in total. The van der Waals surface area contributed by atoms with Gasteiger partial charge in [0.05, 0.1) is 4.75 Å². The molecule has 18 heavy (non-hydrogen) atoms. The number of carbonyl (C=O) groups is 3. The minimum atomic E-state index is -1.08. The fourth-order valence-electron chi connectivity index (χ4n) is 1.97. The van der Waals surface area contributed by atoms with E-state index in [2.05, 4.69) is 6.58 Å². The maximum Gasteiger partial charge on any atom is 0.208 e. The second-order valence-electron chi connectivity index (χ2n) is 4.63. The van der Waals surface area contributed by atoms with Crippen molar-refractivity contribution in [2.75, 3.05) is 0 Å². The fourth-order valence-corrected chi connectivity index (χ4v) is 3.21. The van der Waals surface area contributed by atoms with E-state index in [1.807, 2.05) is 13.8 Å². The molecule has 0 bridgehead atoms. The van der Waals surface area contributed by atoms with Crippen LogP contribution < -0.4 is 0 Å². The largest absolute Gasteiger partial charge is 0.298 e. The maximum atomic E-state index is 12.3. The van der Waals surface area contributed by atoms with Gasteiger partial charge < -0.3 is 0 Å². The number of thioether (sulfide) groups is 1. The Balaban J connectivity index is 3.04. The van der Waals surface area contributed by atoms with Gasteiger partial charge in [0, 0.05) is 6.42 Å². The van der Waals surface area contributed by atoms with Gasteiger partial charge in [-0.2, -0.15) is 0 Å². The summed E-state index contributed by atoms with van der Waals surface area (Å²) in [6.45, 7) is 8.98. The van der Waals surface area contributed by atoms with E-state index in [0.717, 1.165) is 17.3 Å². The van der Waals surface area contributed by atoms with E-state index >= 15 is 0 Å². The molecule has 1 unspecified atom stereocenters. The van der Waals surface area contributed by atoms with Gasteiger partial charge in [-0.3, -0.25) is 14.4 Å². The van der Waals surface area contributed by atoms with Crippen molar-refractivity contribution in [3.8, 4) is 0 Å². The molecular weight excluding hydrogens is 248 g/mol. The molecule has 1 aliphatic rings. The Labute approximate surface area is 112 Å². The van der Waals surface area contributed by atoms with Crippen LogP contribution in [0.4, 0.5) is 0 Å². The summed E-state index contributed by atoms with van der Waals surface area (Å²) in [5.41, 5.74) is 0.828. The first-order chi connectivity index (χ1) is 8.35. The first kappa shape index (κ1) is 14.9. The molecule has 0 spiro atoms. The van der Waals surface area contributed by atoms with Crippen LogP contribution in [0.2, 0.25) is 0 Å². The molecule has 1 aliphatic heterocycles. The highest BCUT2D eigenvalue weighted by Gasteiger charge is 2.52. The standard InChI is InChI=1S/C14H18O3S/c1-5-7-10(15)11-12(16)14(4,18-13(11)17)8-9(3)6-2/h6,8,11H,2,5,7H2,1,3-4H3/t11?,14-/m1/s1. The lowest BCUT2D eigenvalue weighted by Gasteiger charge is -2.16. The Morgan fingerprint density at radius 1 is 1.50 bits per heavy atom. The summed E-state index contributed by atoms with van der Waals surface area (Å²) in [7, 11) is 0. The molecule has 1 saturated heterocycles. The first-order valence-electron chi connectivity index (χ1n) is 5.97. The molecule has 1 fully saturated rings. The average molecular weight is 266 g/mol. The second kappa shape index (κ2) is 5.65. The van der Waals surface area contributed by atoms with Crippen LogP contribution in [0, 0.1) is 5.92 Å². The molecule has 0 saturated carbocycles. The molecule has 0 amide bonds. The van der Waals surface area contributed by atoms with E-state index in [-0.39, 0.29) is 23.1 Å². The third kappa shape index (κ3) is 2.80. The highest BCUT2D eigenvalue weighted by molar-refractivity contribution is 8.16. The van der Waals surface area contributed by atoms with Crippen LogP contribution in [0.5, 0.6) is 0 Å². The van der Waals surface area contributed by atoms with Gasteiger partial charge in [-0.25, -0.2) is 0 Å². The lowest BCUT2D eigenvalue weighted by molar-refractivity contribution is -0.136. The van der Waals surface area contributed by atoms with Crippen molar-refractivity contribution in [3.63, 3.8) is 0 Å². The Kier molecular flexibility index (Phi) is 4.68. The van der Waals surface area contributed by atoms with E-state index < -0.39 is 10.7 Å². The molecule has 1 rings (SSSR count). The SMILES string of the molecule is C=CC(C)=C[C@@]1(C)SC(=O)C(C(=O)CCC)C1=O. The zero-order valence-corrected chi connectivity index (χ0v) is 11.8. The van der Waals surface area contributed by atoms with Gasteiger partial charge in [-0.1, -0.05) is 43.0 Å². The van der Waals surface area contributed by atoms with E-state index in [1.165, 1.54) is 0 Å². The lowest BCUT2D eigenvalue weighted by Crippen LogP contribution is -2.33. The number of rotatable bonds is 5. The van der Waals surface area contributed by atoms with Gasteiger partial charge in [-0.05, 0) is 20.3 Å². The molecule has 2 atom stereocenters. The van der Waals surface area contributed by atoms with Crippen LogP contribution >= 0.6 is 11.8 Å². The molecular formula is C14H18O3S.